The van der Waals surface area contributed by atoms with Crippen molar-refractivity contribution in [3.05, 3.63) is 52.9 Å². The van der Waals surface area contributed by atoms with Gasteiger partial charge in [-0.05, 0) is 37.3 Å². The second-order valence-corrected chi connectivity index (χ2v) is 6.01. The van der Waals surface area contributed by atoms with E-state index in [1.807, 2.05) is 0 Å². The summed E-state index contributed by atoms with van der Waals surface area (Å²) in [5.74, 6) is 0.877. The molecular formula is C16H13ClN2O4S. The predicted octanol–water partition coefficient (Wildman–Crippen LogP) is 4.45. The Morgan fingerprint density at radius 1 is 1.25 bits per heavy atom. The Labute approximate surface area is 147 Å². The van der Waals surface area contributed by atoms with Gasteiger partial charge < -0.3 is 13.6 Å². The minimum absolute atomic E-state index is 0.310. The number of hydrogen-bond acceptors (Lipinski definition) is 7. The minimum Gasteiger partial charge on any atom is -0.468 e. The zero-order chi connectivity index (χ0) is 16.9. The van der Waals surface area contributed by atoms with Crippen LogP contribution in [0.3, 0.4) is 0 Å². The lowest BCUT2D eigenvalue weighted by Crippen LogP contribution is -2.05. The van der Waals surface area contributed by atoms with Crippen molar-refractivity contribution in [3.8, 4) is 11.5 Å². The lowest BCUT2D eigenvalue weighted by atomic mass is 10.2. The van der Waals surface area contributed by atoms with E-state index in [1.54, 1.807) is 37.3 Å². The van der Waals surface area contributed by atoms with Gasteiger partial charge in [0.2, 0.25) is 5.89 Å². The molecule has 3 rings (SSSR count). The second kappa shape index (κ2) is 7.55. The van der Waals surface area contributed by atoms with Gasteiger partial charge in [-0.2, -0.15) is 0 Å². The van der Waals surface area contributed by atoms with Gasteiger partial charge in [0, 0.05) is 10.6 Å². The van der Waals surface area contributed by atoms with E-state index < -0.39 is 5.97 Å². The molecule has 2 heterocycles. The van der Waals surface area contributed by atoms with Gasteiger partial charge in [0.05, 0.1) is 18.6 Å². The summed E-state index contributed by atoms with van der Waals surface area (Å²) in [5.41, 5.74) is 1.19. The van der Waals surface area contributed by atoms with Gasteiger partial charge in [-0.1, -0.05) is 23.4 Å². The van der Waals surface area contributed by atoms with E-state index >= 15 is 0 Å². The van der Waals surface area contributed by atoms with E-state index in [-0.39, 0.29) is 0 Å². The smallest absolute Gasteiger partial charge is 0.341 e. The third-order valence-corrected chi connectivity index (χ3v) is 4.14. The largest absolute Gasteiger partial charge is 0.468 e. The molecule has 0 unspecified atom stereocenters. The van der Waals surface area contributed by atoms with Gasteiger partial charge in [0.25, 0.3) is 5.22 Å². The number of benzene rings is 1. The Bertz CT molecular complexity index is 829. The van der Waals surface area contributed by atoms with Crippen molar-refractivity contribution in [2.45, 2.75) is 17.9 Å². The number of rotatable bonds is 6. The molecule has 0 saturated carbocycles. The zero-order valence-electron chi connectivity index (χ0n) is 12.7. The van der Waals surface area contributed by atoms with Crippen molar-refractivity contribution in [1.82, 2.24) is 10.2 Å². The van der Waals surface area contributed by atoms with Crippen LogP contribution in [0.4, 0.5) is 0 Å². The van der Waals surface area contributed by atoms with E-state index in [4.69, 9.17) is 25.2 Å². The van der Waals surface area contributed by atoms with Gasteiger partial charge in [-0.25, -0.2) is 4.79 Å². The summed E-state index contributed by atoms with van der Waals surface area (Å²) in [6.07, 6.45) is 1.45. The number of thioether (sulfide) groups is 1. The zero-order valence-corrected chi connectivity index (χ0v) is 14.3. The lowest BCUT2D eigenvalue weighted by Gasteiger charge is -2.01. The molecule has 0 atom stereocenters. The summed E-state index contributed by atoms with van der Waals surface area (Å²) < 4.78 is 15.9. The fourth-order valence-electron chi connectivity index (χ4n) is 1.95. The SMILES string of the molecule is CCOC(=O)c1ccoc1CSc1nnc(-c2ccc(Cl)cc2)o1. The van der Waals surface area contributed by atoms with Crippen LogP contribution in [0.1, 0.15) is 23.0 Å². The molecule has 24 heavy (non-hydrogen) atoms. The summed E-state index contributed by atoms with van der Waals surface area (Å²) >= 11 is 7.13. The topological polar surface area (TPSA) is 78.4 Å². The highest BCUT2D eigenvalue weighted by atomic mass is 35.5. The molecule has 3 aromatic rings. The van der Waals surface area contributed by atoms with Crippen molar-refractivity contribution >= 4 is 29.3 Å². The monoisotopic (exact) mass is 364 g/mol. The molecule has 0 bridgehead atoms. The molecule has 8 heteroatoms. The van der Waals surface area contributed by atoms with Gasteiger partial charge in [0.1, 0.15) is 11.3 Å². The second-order valence-electron chi connectivity index (χ2n) is 4.65. The molecule has 2 aromatic heterocycles. The van der Waals surface area contributed by atoms with Crippen LogP contribution >= 0.6 is 23.4 Å². The molecule has 124 valence electrons. The standard InChI is InChI=1S/C16H13ClN2O4S/c1-2-21-15(20)12-7-8-22-13(12)9-24-16-19-18-14(23-16)10-3-5-11(17)6-4-10/h3-8H,2,9H2,1H3. The average molecular weight is 365 g/mol. The van der Waals surface area contributed by atoms with Crippen molar-refractivity contribution < 1.29 is 18.4 Å². The van der Waals surface area contributed by atoms with Crippen LogP contribution in [0, 0.1) is 0 Å². The molecule has 6 nitrogen and oxygen atoms in total. The number of aromatic nitrogens is 2. The van der Waals surface area contributed by atoms with Crippen LogP contribution in [-0.2, 0) is 10.5 Å². The molecular weight excluding hydrogens is 352 g/mol. The van der Waals surface area contributed by atoms with Gasteiger partial charge >= 0.3 is 5.97 Å². The highest BCUT2D eigenvalue weighted by Crippen LogP contribution is 2.28. The summed E-state index contributed by atoms with van der Waals surface area (Å²) in [6.45, 7) is 2.06. The Balaban J connectivity index is 1.67. The van der Waals surface area contributed by atoms with E-state index in [0.29, 0.717) is 39.8 Å². The molecule has 0 N–H and O–H groups in total. The van der Waals surface area contributed by atoms with E-state index in [9.17, 15) is 4.79 Å². The van der Waals surface area contributed by atoms with Crippen LogP contribution in [-0.4, -0.2) is 22.8 Å². The maximum Gasteiger partial charge on any atom is 0.341 e. The van der Waals surface area contributed by atoms with Crippen LogP contribution < -0.4 is 0 Å². The van der Waals surface area contributed by atoms with E-state index in [2.05, 4.69) is 10.2 Å². The first kappa shape index (κ1) is 16.6. The normalized spacial score (nSPS) is 10.8. The van der Waals surface area contributed by atoms with Crippen molar-refractivity contribution in [1.29, 1.82) is 0 Å². The van der Waals surface area contributed by atoms with Crippen LogP contribution in [0.25, 0.3) is 11.5 Å². The first-order chi connectivity index (χ1) is 11.7. The van der Waals surface area contributed by atoms with Crippen LogP contribution in [0.15, 0.2) is 50.7 Å². The number of halogens is 1. The molecule has 0 aliphatic carbocycles. The molecule has 0 aliphatic heterocycles. The van der Waals surface area contributed by atoms with Crippen LogP contribution in [0.5, 0.6) is 0 Å². The number of nitrogens with zero attached hydrogens (tertiary/aromatic N) is 2. The highest BCUT2D eigenvalue weighted by molar-refractivity contribution is 7.98. The fraction of sp³-hybridized carbons (Fsp3) is 0.188. The number of ether oxygens (including phenoxy) is 1. The lowest BCUT2D eigenvalue weighted by molar-refractivity contribution is 0.0524. The Morgan fingerprint density at radius 3 is 2.79 bits per heavy atom. The Kier molecular flexibility index (Phi) is 5.22. The number of carbonyl (C=O) groups excluding carboxylic acids is 1. The minimum atomic E-state index is -0.408. The van der Waals surface area contributed by atoms with Crippen molar-refractivity contribution in [3.63, 3.8) is 0 Å². The molecule has 0 saturated heterocycles. The quantitative estimate of drug-likeness (QED) is 0.472. The first-order valence-electron chi connectivity index (χ1n) is 7.13. The highest BCUT2D eigenvalue weighted by Gasteiger charge is 2.17. The molecule has 1 aromatic carbocycles. The Morgan fingerprint density at radius 2 is 2.04 bits per heavy atom. The van der Waals surface area contributed by atoms with E-state index in [0.717, 1.165) is 5.56 Å². The summed E-state index contributed by atoms with van der Waals surface area (Å²) in [6, 6.07) is 8.69. The van der Waals surface area contributed by atoms with Crippen molar-refractivity contribution in [2.75, 3.05) is 6.61 Å². The van der Waals surface area contributed by atoms with E-state index in [1.165, 1.54) is 18.0 Å². The third kappa shape index (κ3) is 3.80. The fourth-order valence-corrected chi connectivity index (χ4v) is 2.79. The third-order valence-electron chi connectivity index (χ3n) is 3.07. The van der Waals surface area contributed by atoms with Crippen LogP contribution in [0.2, 0.25) is 5.02 Å². The molecule has 0 aliphatic rings. The summed E-state index contributed by atoms with van der Waals surface area (Å²) in [7, 11) is 0. The van der Waals surface area contributed by atoms with Gasteiger partial charge in [-0.3, -0.25) is 0 Å². The number of furan rings is 1. The maximum absolute atomic E-state index is 11.8. The predicted molar refractivity (Wildman–Crippen MR) is 89.0 cm³/mol. The van der Waals surface area contributed by atoms with Gasteiger partial charge in [-0.15, -0.1) is 10.2 Å². The molecule has 0 radical (unpaired) electrons. The Hall–Kier alpha value is -2.25. The summed E-state index contributed by atoms with van der Waals surface area (Å²) in [5, 5.41) is 9.00. The van der Waals surface area contributed by atoms with Crippen molar-refractivity contribution in [2.24, 2.45) is 0 Å². The number of carbonyl (C=O) groups is 1. The van der Waals surface area contributed by atoms with Gasteiger partial charge in [0.15, 0.2) is 0 Å². The summed E-state index contributed by atoms with van der Waals surface area (Å²) in [4.78, 5) is 11.8. The number of esters is 1. The maximum atomic E-state index is 11.8. The number of hydrogen-bond donors (Lipinski definition) is 0. The molecule has 0 spiro atoms. The molecule has 0 fully saturated rings. The first-order valence-corrected chi connectivity index (χ1v) is 8.49. The average Bonchev–Trinajstić information content (AvgIpc) is 3.23. The molecule has 0 amide bonds.